The van der Waals surface area contributed by atoms with Gasteiger partial charge in [-0.25, -0.2) is 0 Å². The lowest BCUT2D eigenvalue weighted by atomic mass is 9.92. The number of likely N-dealkylation sites (tertiary alicyclic amines) is 1. The summed E-state index contributed by atoms with van der Waals surface area (Å²) < 4.78 is 2.29. The number of aromatic nitrogens is 3. The normalized spacial score (nSPS) is 24.4. The van der Waals surface area contributed by atoms with E-state index in [0.717, 1.165) is 32.5 Å². The molecule has 5 nitrogen and oxygen atoms in total. The fourth-order valence-electron chi connectivity index (χ4n) is 3.48. The number of rotatable bonds is 6. The Kier molecular flexibility index (Phi) is 4.31. The summed E-state index contributed by atoms with van der Waals surface area (Å²) >= 11 is 0. The van der Waals surface area contributed by atoms with E-state index in [2.05, 4.69) is 33.5 Å². The van der Waals surface area contributed by atoms with Crippen LogP contribution in [0.15, 0.2) is 6.33 Å². The number of nitrogens with zero attached hydrogens (tertiary/aromatic N) is 4. The van der Waals surface area contributed by atoms with Crippen molar-refractivity contribution < 1.29 is 5.11 Å². The molecule has 118 valence electrons. The van der Waals surface area contributed by atoms with E-state index in [4.69, 9.17) is 0 Å². The van der Waals surface area contributed by atoms with Gasteiger partial charge in [0.25, 0.3) is 0 Å². The van der Waals surface area contributed by atoms with Gasteiger partial charge in [-0.05, 0) is 45.1 Å². The monoisotopic (exact) mass is 292 g/mol. The molecule has 1 atom stereocenters. The maximum Gasteiger partial charge on any atom is 0.137 e. The maximum absolute atomic E-state index is 10.6. The van der Waals surface area contributed by atoms with E-state index in [9.17, 15) is 5.11 Å². The van der Waals surface area contributed by atoms with Crippen LogP contribution in [0.3, 0.4) is 0 Å². The van der Waals surface area contributed by atoms with Gasteiger partial charge in [0, 0.05) is 25.0 Å². The molecule has 21 heavy (non-hydrogen) atoms. The lowest BCUT2D eigenvalue weighted by molar-refractivity contribution is -0.0102. The highest BCUT2D eigenvalue weighted by atomic mass is 16.3. The van der Waals surface area contributed by atoms with Crippen molar-refractivity contribution in [3.05, 3.63) is 12.2 Å². The van der Waals surface area contributed by atoms with Crippen LogP contribution < -0.4 is 0 Å². The van der Waals surface area contributed by atoms with E-state index >= 15 is 0 Å². The number of aliphatic hydroxyl groups is 1. The molecule has 3 rings (SSSR count). The predicted molar refractivity (Wildman–Crippen MR) is 82.2 cm³/mol. The molecule has 1 aliphatic carbocycles. The van der Waals surface area contributed by atoms with Crippen LogP contribution in [-0.4, -0.2) is 50.0 Å². The third-order valence-corrected chi connectivity index (χ3v) is 5.25. The molecule has 1 aromatic heterocycles. The highest BCUT2D eigenvalue weighted by Gasteiger charge is 2.33. The molecule has 2 aliphatic rings. The van der Waals surface area contributed by atoms with Crippen LogP contribution in [-0.2, 0) is 0 Å². The number of hydrogen-bond donors (Lipinski definition) is 1. The molecule has 2 heterocycles. The Morgan fingerprint density at radius 2 is 2.05 bits per heavy atom. The van der Waals surface area contributed by atoms with Gasteiger partial charge < -0.3 is 9.67 Å². The maximum atomic E-state index is 10.6. The van der Waals surface area contributed by atoms with Crippen molar-refractivity contribution in [2.24, 2.45) is 0 Å². The Bertz CT molecular complexity index is 465. The zero-order valence-corrected chi connectivity index (χ0v) is 13.3. The van der Waals surface area contributed by atoms with Crippen molar-refractivity contribution in [3.63, 3.8) is 0 Å². The molecular formula is C16H28N4O. The minimum Gasteiger partial charge on any atom is -0.389 e. The molecule has 0 bridgehead atoms. The molecule has 1 saturated carbocycles. The van der Waals surface area contributed by atoms with E-state index in [0.29, 0.717) is 12.0 Å². The van der Waals surface area contributed by atoms with E-state index < -0.39 is 5.60 Å². The van der Waals surface area contributed by atoms with Crippen LogP contribution in [0.1, 0.15) is 70.2 Å². The Hall–Kier alpha value is -0.940. The van der Waals surface area contributed by atoms with E-state index in [1.165, 1.54) is 31.5 Å². The van der Waals surface area contributed by atoms with Crippen LogP contribution in [0.5, 0.6) is 0 Å². The molecule has 2 fully saturated rings. The minimum atomic E-state index is -0.536. The first-order valence-corrected chi connectivity index (χ1v) is 8.49. The van der Waals surface area contributed by atoms with Gasteiger partial charge in [0.15, 0.2) is 0 Å². The summed E-state index contributed by atoms with van der Waals surface area (Å²) in [6.07, 6.45) is 8.47. The molecule has 0 aromatic carbocycles. The average Bonchev–Trinajstić information content (AvgIpc) is 3.24. The number of piperidine rings is 1. The highest BCUT2D eigenvalue weighted by molar-refractivity contribution is 5.04. The fraction of sp³-hybridized carbons (Fsp3) is 0.875. The Morgan fingerprint density at radius 1 is 1.29 bits per heavy atom. The van der Waals surface area contributed by atoms with Gasteiger partial charge in [0.05, 0.1) is 5.60 Å². The van der Waals surface area contributed by atoms with E-state index in [-0.39, 0.29) is 0 Å². The largest absolute Gasteiger partial charge is 0.389 e. The quantitative estimate of drug-likeness (QED) is 0.874. The lowest BCUT2D eigenvalue weighted by Gasteiger charge is -2.37. The van der Waals surface area contributed by atoms with Crippen LogP contribution in [0.4, 0.5) is 0 Å². The Labute approximate surface area is 127 Å². The molecule has 1 aromatic rings. The van der Waals surface area contributed by atoms with E-state index in [1.807, 2.05) is 6.33 Å². The second-order valence-electron chi connectivity index (χ2n) is 6.83. The van der Waals surface area contributed by atoms with Crippen molar-refractivity contribution in [2.75, 3.05) is 19.6 Å². The molecule has 5 heteroatoms. The molecular weight excluding hydrogens is 264 g/mol. The molecule has 1 unspecified atom stereocenters. The Balaban J connectivity index is 1.66. The minimum absolute atomic E-state index is 0.472. The van der Waals surface area contributed by atoms with Gasteiger partial charge in [-0.1, -0.05) is 13.8 Å². The van der Waals surface area contributed by atoms with Crippen LogP contribution >= 0.6 is 0 Å². The molecule has 0 radical (unpaired) electrons. The SMILES string of the molecule is CCC(O)(CC)CN1CCCC(c2nncn2C2CC2)C1. The summed E-state index contributed by atoms with van der Waals surface area (Å²) in [7, 11) is 0. The standard InChI is InChI=1S/C16H28N4O/c1-3-16(21,4-2)11-19-9-5-6-13(10-19)15-18-17-12-20(15)14-7-8-14/h12-14,21H,3-11H2,1-2H3. The third-order valence-electron chi connectivity index (χ3n) is 5.25. The number of hydrogen-bond acceptors (Lipinski definition) is 4. The Morgan fingerprint density at radius 3 is 2.71 bits per heavy atom. The highest BCUT2D eigenvalue weighted by Crippen LogP contribution is 2.38. The summed E-state index contributed by atoms with van der Waals surface area (Å²) in [5.41, 5.74) is -0.536. The first-order chi connectivity index (χ1) is 10.1. The first kappa shape index (κ1) is 15.0. The van der Waals surface area contributed by atoms with Gasteiger partial charge in [-0.15, -0.1) is 10.2 Å². The van der Waals surface area contributed by atoms with Crippen molar-refractivity contribution in [1.82, 2.24) is 19.7 Å². The second-order valence-corrected chi connectivity index (χ2v) is 6.83. The molecule has 1 saturated heterocycles. The smallest absolute Gasteiger partial charge is 0.137 e. The van der Waals surface area contributed by atoms with Crippen LogP contribution in [0.25, 0.3) is 0 Å². The number of β-amino-alcohol motifs (C(OH)–C–C–N with tert-alkyl or cyclic N) is 1. The summed E-state index contributed by atoms with van der Waals surface area (Å²) in [4.78, 5) is 2.42. The van der Waals surface area contributed by atoms with Gasteiger partial charge >= 0.3 is 0 Å². The molecule has 1 aliphatic heterocycles. The second kappa shape index (κ2) is 6.05. The van der Waals surface area contributed by atoms with Crippen molar-refractivity contribution in [2.45, 2.75) is 69.9 Å². The zero-order valence-electron chi connectivity index (χ0n) is 13.3. The van der Waals surface area contributed by atoms with Gasteiger partial charge in [0.1, 0.15) is 12.2 Å². The predicted octanol–water partition coefficient (Wildman–Crippen LogP) is 2.34. The topological polar surface area (TPSA) is 54.2 Å². The summed E-state index contributed by atoms with van der Waals surface area (Å²) in [5.74, 6) is 1.64. The summed E-state index contributed by atoms with van der Waals surface area (Å²) in [6, 6.07) is 0.647. The average molecular weight is 292 g/mol. The first-order valence-electron chi connectivity index (χ1n) is 8.49. The summed E-state index contributed by atoms with van der Waals surface area (Å²) in [5, 5.41) is 19.1. The van der Waals surface area contributed by atoms with Gasteiger partial charge in [0.2, 0.25) is 0 Å². The van der Waals surface area contributed by atoms with Gasteiger partial charge in [-0.3, -0.25) is 4.90 Å². The molecule has 0 amide bonds. The lowest BCUT2D eigenvalue weighted by Crippen LogP contribution is -2.46. The fourth-order valence-corrected chi connectivity index (χ4v) is 3.48. The van der Waals surface area contributed by atoms with Gasteiger partial charge in [-0.2, -0.15) is 0 Å². The summed E-state index contributed by atoms with van der Waals surface area (Å²) in [6.45, 7) is 7.04. The van der Waals surface area contributed by atoms with Crippen LogP contribution in [0.2, 0.25) is 0 Å². The third kappa shape index (κ3) is 3.29. The zero-order chi connectivity index (χ0) is 14.9. The van der Waals surface area contributed by atoms with E-state index in [1.54, 1.807) is 0 Å². The van der Waals surface area contributed by atoms with Crippen molar-refractivity contribution in [1.29, 1.82) is 0 Å². The molecule has 0 spiro atoms. The molecule has 1 N–H and O–H groups in total. The van der Waals surface area contributed by atoms with Crippen molar-refractivity contribution in [3.8, 4) is 0 Å². The van der Waals surface area contributed by atoms with Crippen molar-refractivity contribution >= 4 is 0 Å². The van der Waals surface area contributed by atoms with Crippen LogP contribution in [0, 0.1) is 0 Å².